The van der Waals surface area contributed by atoms with Crippen LogP contribution in [0.1, 0.15) is 22.8 Å². The molecule has 0 aliphatic carbocycles. The average molecular weight is 268 g/mol. The van der Waals surface area contributed by atoms with E-state index in [4.69, 9.17) is 11.6 Å². The zero-order valence-corrected chi connectivity index (χ0v) is 9.09. The van der Waals surface area contributed by atoms with Gasteiger partial charge in [-0.05, 0) is 13.0 Å². The number of nitro groups is 1. The van der Waals surface area contributed by atoms with Gasteiger partial charge in [-0.15, -0.1) is 0 Å². The molecule has 0 aliphatic heterocycles. The fraction of sp³-hybridized carbons (Fsp3) is 0.222. The molecule has 8 heteroatoms. The van der Waals surface area contributed by atoms with E-state index in [0.29, 0.717) is 12.1 Å². The molecule has 0 amide bonds. The molecule has 0 radical (unpaired) electrons. The van der Waals surface area contributed by atoms with Gasteiger partial charge in [0.05, 0.1) is 15.5 Å². The highest BCUT2D eigenvalue weighted by Crippen LogP contribution is 2.39. The highest BCUT2D eigenvalue weighted by atomic mass is 35.5. The van der Waals surface area contributed by atoms with E-state index in [1.807, 2.05) is 0 Å². The van der Waals surface area contributed by atoms with Crippen molar-refractivity contribution >= 4 is 23.1 Å². The molecule has 0 aliphatic rings. The van der Waals surface area contributed by atoms with Gasteiger partial charge in [-0.2, -0.15) is 13.2 Å². The van der Waals surface area contributed by atoms with E-state index in [1.54, 1.807) is 0 Å². The summed E-state index contributed by atoms with van der Waals surface area (Å²) in [7, 11) is 0. The number of carbonyl (C=O) groups excluding carboxylic acids is 1. The molecular weight excluding hydrogens is 263 g/mol. The molecule has 0 fully saturated rings. The molecule has 0 N–H and O–H groups in total. The SMILES string of the molecule is CC(=O)c1c([N+](=O)[O-])ccc(C(F)(F)F)c1Cl. The van der Waals surface area contributed by atoms with Crippen molar-refractivity contribution in [1.82, 2.24) is 0 Å². The van der Waals surface area contributed by atoms with Crippen LogP contribution in [0.15, 0.2) is 12.1 Å². The smallest absolute Gasteiger partial charge is 0.294 e. The van der Waals surface area contributed by atoms with Gasteiger partial charge in [0, 0.05) is 6.07 Å². The van der Waals surface area contributed by atoms with Crippen LogP contribution in [0.4, 0.5) is 18.9 Å². The van der Waals surface area contributed by atoms with Gasteiger partial charge in [0.15, 0.2) is 5.78 Å². The molecule has 17 heavy (non-hydrogen) atoms. The van der Waals surface area contributed by atoms with Crippen molar-refractivity contribution < 1.29 is 22.9 Å². The van der Waals surface area contributed by atoms with Crippen LogP contribution in [-0.2, 0) is 6.18 Å². The largest absolute Gasteiger partial charge is 0.417 e. The maximum absolute atomic E-state index is 12.5. The van der Waals surface area contributed by atoms with E-state index in [9.17, 15) is 28.1 Å². The highest BCUT2D eigenvalue weighted by Gasteiger charge is 2.37. The number of carbonyl (C=O) groups is 1. The lowest BCUT2D eigenvalue weighted by Crippen LogP contribution is -2.10. The Morgan fingerprint density at radius 3 is 2.29 bits per heavy atom. The first-order chi connectivity index (χ1) is 7.66. The van der Waals surface area contributed by atoms with Crippen LogP contribution in [0.25, 0.3) is 0 Å². The van der Waals surface area contributed by atoms with Crippen molar-refractivity contribution in [2.75, 3.05) is 0 Å². The van der Waals surface area contributed by atoms with Crippen molar-refractivity contribution in [3.05, 3.63) is 38.4 Å². The third-order valence-electron chi connectivity index (χ3n) is 1.97. The minimum atomic E-state index is -4.77. The Morgan fingerprint density at radius 1 is 1.41 bits per heavy atom. The maximum atomic E-state index is 12.5. The van der Waals surface area contributed by atoms with Gasteiger partial charge < -0.3 is 0 Å². The lowest BCUT2D eigenvalue weighted by molar-refractivity contribution is -0.385. The van der Waals surface area contributed by atoms with Crippen LogP contribution in [0, 0.1) is 10.1 Å². The zero-order chi connectivity index (χ0) is 13.4. The molecule has 0 spiro atoms. The molecule has 92 valence electrons. The minimum absolute atomic E-state index is 0.479. The lowest BCUT2D eigenvalue weighted by atomic mass is 10.0. The molecule has 1 rings (SSSR count). The molecule has 0 atom stereocenters. The summed E-state index contributed by atoms with van der Waals surface area (Å²) < 4.78 is 37.4. The maximum Gasteiger partial charge on any atom is 0.417 e. The summed E-state index contributed by atoms with van der Waals surface area (Å²) in [5.74, 6) is -0.896. The average Bonchev–Trinajstić information content (AvgIpc) is 2.13. The van der Waals surface area contributed by atoms with Crippen LogP contribution in [0.3, 0.4) is 0 Å². The number of nitro benzene ring substituents is 1. The Kier molecular flexibility index (Phi) is 3.42. The number of nitrogens with zero attached hydrogens (tertiary/aromatic N) is 1. The van der Waals surface area contributed by atoms with Crippen molar-refractivity contribution in [2.24, 2.45) is 0 Å². The van der Waals surface area contributed by atoms with Crippen LogP contribution < -0.4 is 0 Å². The number of benzene rings is 1. The van der Waals surface area contributed by atoms with Gasteiger partial charge in [0.2, 0.25) is 0 Å². The van der Waals surface area contributed by atoms with Crippen molar-refractivity contribution in [3.8, 4) is 0 Å². The third kappa shape index (κ3) is 2.55. The van der Waals surface area contributed by atoms with Crippen molar-refractivity contribution in [3.63, 3.8) is 0 Å². The van der Waals surface area contributed by atoms with Gasteiger partial charge in [-0.25, -0.2) is 0 Å². The second kappa shape index (κ2) is 4.33. The van der Waals surface area contributed by atoms with E-state index in [1.165, 1.54) is 0 Å². The molecular formula is C9H5ClF3NO3. The zero-order valence-electron chi connectivity index (χ0n) is 8.34. The standard InChI is InChI=1S/C9H5ClF3NO3/c1-4(15)7-6(14(16)17)3-2-5(8(7)10)9(11,12)13/h2-3H,1H3. The van der Waals surface area contributed by atoms with Crippen LogP contribution in [-0.4, -0.2) is 10.7 Å². The Bertz CT molecular complexity index is 499. The molecule has 0 bridgehead atoms. The third-order valence-corrected chi connectivity index (χ3v) is 2.37. The Balaban J connectivity index is 3.61. The second-order valence-electron chi connectivity index (χ2n) is 3.13. The fourth-order valence-corrected chi connectivity index (χ4v) is 1.67. The molecule has 4 nitrogen and oxygen atoms in total. The monoisotopic (exact) mass is 267 g/mol. The summed E-state index contributed by atoms with van der Waals surface area (Å²) in [6.07, 6.45) is -4.77. The lowest BCUT2D eigenvalue weighted by Gasteiger charge is -2.11. The second-order valence-corrected chi connectivity index (χ2v) is 3.51. The predicted molar refractivity (Wildman–Crippen MR) is 53.1 cm³/mol. The molecule has 0 unspecified atom stereocenters. The first kappa shape index (κ1) is 13.4. The molecule has 0 heterocycles. The summed E-state index contributed by atoms with van der Waals surface area (Å²) in [5.41, 5.74) is -2.74. The number of hydrogen-bond donors (Lipinski definition) is 0. The van der Waals surface area contributed by atoms with Gasteiger partial charge in [-0.1, -0.05) is 11.6 Å². The summed E-state index contributed by atoms with van der Waals surface area (Å²) in [5, 5.41) is 9.61. The summed E-state index contributed by atoms with van der Waals surface area (Å²) in [4.78, 5) is 20.7. The number of hydrogen-bond acceptors (Lipinski definition) is 3. The number of rotatable bonds is 2. The van der Waals surface area contributed by atoms with E-state index in [0.717, 1.165) is 6.92 Å². The van der Waals surface area contributed by atoms with Gasteiger partial charge >= 0.3 is 6.18 Å². The van der Waals surface area contributed by atoms with E-state index in [2.05, 4.69) is 0 Å². The van der Waals surface area contributed by atoms with Gasteiger partial charge in [-0.3, -0.25) is 14.9 Å². The highest BCUT2D eigenvalue weighted by molar-refractivity contribution is 6.35. The van der Waals surface area contributed by atoms with Crippen LogP contribution >= 0.6 is 11.6 Å². The van der Waals surface area contributed by atoms with E-state index >= 15 is 0 Å². The summed E-state index contributed by atoms with van der Waals surface area (Å²) in [6, 6.07) is 1.10. The number of ketones is 1. The fourth-order valence-electron chi connectivity index (χ4n) is 1.27. The van der Waals surface area contributed by atoms with Crippen molar-refractivity contribution in [1.29, 1.82) is 0 Å². The van der Waals surface area contributed by atoms with E-state index in [-0.39, 0.29) is 0 Å². The van der Waals surface area contributed by atoms with Crippen LogP contribution in [0.2, 0.25) is 5.02 Å². The number of alkyl halides is 3. The number of halogens is 4. The first-order valence-electron chi connectivity index (χ1n) is 4.21. The van der Waals surface area contributed by atoms with Crippen molar-refractivity contribution in [2.45, 2.75) is 13.1 Å². The summed E-state index contributed by atoms with van der Waals surface area (Å²) >= 11 is 5.39. The van der Waals surface area contributed by atoms with E-state index < -0.39 is 38.7 Å². The Labute approximate surface area is 98.1 Å². The molecule has 1 aromatic carbocycles. The topological polar surface area (TPSA) is 60.2 Å². The summed E-state index contributed by atoms with van der Waals surface area (Å²) in [6.45, 7) is 0.911. The van der Waals surface area contributed by atoms with Gasteiger partial charge in [0.1, 0.15) is 5.56 Å². The van der Waals surface area contributed by atoms with Gasteiger partial charge in [0.25, 0.3) is 5.69 Å². The molecule has 0 saturated heterocycles. The van der Waals surface area contributed by atoms with Crippen LogP contribution in [0.5, 0.6) is 0 Å². The minimum Gasteiger partial charge on any atom is -0.294 e. The molecule has 1 aromatic rings. The number of Topliss-reactive ketones (excluding diaryl/α,β-unsaturated/α-hetero) is 1. The Hall–Kier alpha value is -1.63. The quantitative estimate of drug-likeness (QED) is 0.468. The normalized spacial score (nSPS) is 11.4. The Morgan fingerprint density at radius 2 is 1.94 bits per heavy atom. The molecule has 0 aromatic heterocycles. The first-order valence-corrected chi connectivity index (χ1v) is 4.59. The predicted octanol–water partition coefficient (Wildman–Crippen LogP) is 3.47. The molecule has 0 saturated carbocycles.